The third kappa shape index (κ3) is 2.04. The first-order valence-corrected chi connectivity index (χ1v) is 4.87. The van der Waals surface area contributed by atoms with Gasteiger partial charge in [-0.05, 0) is 44.2 Å². The van der Waals surface area contributed by atoms with E-state index in [9.17, 15) is 4.39 Å². The summed E-state index contributed by atoms with van der Waals surface area (Å²) in [6, 6.07) is 6.76. The maximum Gasteiger partial charge on any atom is 0.123 e. The van der Waals surface area contributed by atoms with Gasteiger partial charge in [0.25, 0.3) is 0 Å². The van der Waals surface area contributed by atoms with Crippen molar-refractivity contribution in [2.45, 2.75) is 25.0 Å². The van der Waals surface area contributed by atoms with Crippen LogP contribution >= 0.6 is 0 Å². The predicted molar refractivity (Wildman–Crippen MR) is 52.9 cm³/mol. The summed E-state index contributed by atoms with van der Waals surface area (Å²) in [6.45, 7) is 0. The van der Waals surface area contributed by atoms with Gasteiger partial charge in [0, 0.05) is 6.04 Å². The molecule has 0 saturated heterocycles. The molecule has 0 amide bonds. The molecule has 0 atom stereocenters. The predicted octanol–water partition coefficient (Wildman–Crippen LogP) is 1.95. The Morgan fingerprint density at radius 2 is 1.93 bits per heavy atom. The summed E-state index contributed by atoms with van der Waals surface area (Å²) in [5.74, 6) is 0.532. The Balaban J connectivity index is 1.84. The van der Waals surface area contributed by atoms with Crippen LogP contribution in [0.2, 0.25) is 0 Å². The molecule has 0 unspecified atom stereocenters. The highest BCUT2D eigenvalue weighted by atomic mass is 19.1. The number of nitrogens with one attached hydrogen (secondary N) is 1. The van der Waals surface area contributed by atoms with Crippen molar-refractivity contribution < 1.29 is 9.13 Å². The van der Waals surface area contributed by atoms with Crippen LogP contribution in [0, 0.1) is 5.82 Å². The van der Waals surface area contributed by atoms with Gasteiger partial charge in [0.1, 0.15) is 17.7 Å². The SMILES string of the molecule is CNC1CC(Oc2ccc(F)cc2)C1. The van der Waals surface area contributed by atoms with Crippen molar-refractivity contribution >= 4 is 0 Å². The van der Waals surface area contributed by atoms with Gasteiger partial charge in [-0.25, -0.2) is 4.39 Å². The fourth-order valence-corrected chi connectivity index (χ4v) is 1.60. The topological polar surface area (TPSA) is 21.3 Å². The van der Waals surface area contributed by atoms with E-state index in [2.05, 4.69) is 5.32 Å². The van der Waals surface area contributed by atoms with Crippen molar-refractivity contribution in [1.29, 1.82) is 0 Å². The van der Waals surface area contributed by atoms with E-state index < -0.39 is 0 Å². The third-order valence-electron chi connectivity index (χ3n) is 2.62. The van der Waals surface area contributed by atoms with Gasteiger partial charge >= 0.3 is 0 Å². The molecule has 0 radical (unpaired) electrons. The van der Waals surface area contributed by atoms with Crippen molar-refractivity contribution in [2.24, 2.45) is 0 Å². The maximum atomic E-state index is 12.6. The van der Waals surface area contributed by atoms with Crippen LogP contribution in [0.5, 0.6) is 5.75 Å². The summed E-state index contributed by atoms with van der Waals surface area (Å²) in [5, 5.41) is 3.19. The molecule has 2 rings (SSSR count). The molecule has 0 bridgehead atoms. The lowest BCUT2D eigenvalue weighted by molar-refractivity contribution is 0.0884. The average Bonchev–Trinajstić information content (AvgIpc) is 2.13. The van der Waals surface area contributed by atoms with Crippen molar-refractivity contribution in [3.05, 3.63) is 30.1 Å². The molecule has 1 aromatic rings. The Morgan fingerprint density at radius 1 is 1.29 bits per heavy atom. The highest BCUT2D eigenvalue weighted by Crippen LogP contribution is 2.25. The van der Waals surface area contributed by atoms with Crippen LogP contribution in [-0.4, -0.2) is 19.2 Å². The van der Waals surface area contributed by atoms with Crippen molar-refractivity contribution in [3.8, 4) is 5.75 Å². The van der Waals surface area contributed by atoms with Crippen LogP contribution < -0.4 is 10.1 Å². The maximum absolute atomic E-state index is 12.6. The van der Waals surface area contributed by atoms with Crippen LogP contribution in [0.15, 0.2) is 24.3 Å². The lowest BCUT2D eigenvalue weighted by atomic mass is 9.89. The quantitative estimate of drug-likeness (QED) is 0.796. The lowest BCUT2D eigenvalue weighted by Gasteiger charge is -2.35. The van der Waals surface area contributed by atoms with Crippen molar-refractivity contribution in [3.63, 3.8) is 0 Å². The Hall–Kier alpha value is -1.09. The molecule has 0 spiro atoms. The largest absolute Gasteiger partial charge is 0.490 e. The molecule has 76 valence electrons. The standard InChI is InChI=1S/C11H14FNO/c1-13-9-6-11(7-9)14-10-4-2-8(12)3-5-10/h2-5,9,11,13H,6-7H2,1H3. The molecule has 1 aliphatic rings. The zero-order valence-corrected chi connectivity index (χ0v) is 8.16. The van der Waals surface area contributed by atoms with Gasteiger partial charge in [0.15, 0.2) is 0 Å². The molecule has 0 aromatic heterocycles. The Labute approximate surface area is 83.1 Å². The fourth-order valence-electron chi connectivity index (χ4n) is 1.60. The number of halogens is 1. The van der Waals surface area contributed by atoms with E-state index >= 15 is 0 Å². The van der Waals surface area contributed by atoms with Crippen LogP contribution in [0.4, 0.5) is 4.39 Å². The molecule has 1 N–H and O–H groups in total. The first-order chi connectivity index (χ1) is 6.78. The first-order valence-electron chi connectivity index (χ1n) is 4.87. The molecule has 3 heteroatoms. The molecule has 1 aliphatic carbocycles. The van der Waals surface area contributed by atoms with E-state index in [0.717, 1.165) is 18.6 Å². The van der Waals surface area contributed by atoms with E-state index in [1.165, 1.54) is 12.1 Å². The normalized spacial score (nSPS) is 25.6. The van der Waals surface area contributed by atoms with Crippen molar-refractivity contribution in [2.75, 3.05) is 7.05 Å². The van der Waals surface area contributed by atoms with E-state index in [-0.39, 0.29) is 11.9 Å². The van der Waals surface area contributed by atoms with Gasteiger partial charge < -0.3 is 10.1 Å². The number of hydrogen-bond donors (Lipinski definition) is 1. The van der Waals surface area contributed by atoms with Gasteiger partial charge in [0.2, 0.25) is 0 Å². The Bertz CT molecular complexity index is 293. The number of hydrogen-bond acceptors (Lipinski definition) is 2. The molecule has 1 fully saturated rings. The Kier molecular flexibility index (Phi) is 2.68. The van der Waals surface area contributed by atoms with Crippen LogP contribution in [-0.2, 0) is 0 Å². The van der Waals surface area contributed by atoms with Gasteiger partial charge in [0.05, 0.1) is 0 Å². The summed E-state index contributed by atoms with van der Waals surface area (Å²) in [7, 11) is 1.96. The second-order valence-corrected chi connectivity index (χ2v) is 3.65. The van der Waals surface area contributed by atoms with Crippen LogP contribution in [0.25, 0.3) is 0 Å². The molecule has 0 heterocycles. The summed E-state index contributed by atoms with van der Waals surface area (Å²) in [6.07, 6.45) is 2.36. The molecular formula is C11H14FNO. The minimum atomic E-state index is -0.223. The van der Waals surface area contributed by atoms with E-state index in [0.29, 0.717) is 6.04 Å². The average molecular weight is 195 g/mol. The summed E-state index contributed by atoms with van der Waals surface area (Å²) >= 11 is 0. The molecule has 14 heavy (non-hydrogen) atoms. The molecule has 1 aromatic carbocycles. The van der Waals surface area contributed by atoms with Crippen molar-refractivity contribution in [1.82, 2.24) is 5.32 Å². The molecule has 0 aliphatic heterocycles. The number of benzene rings is 1. The first kappa shape index (κ1) is 9.46. The minimum Gasteiger partial charge on any atom is -0.490 e. The molecule has 2 nitrogen and oxygen atoms in total. The third-order valence-corrected chi connectivity index (χ3v) is 2.62. The number of ether oxygens (including phenoxy) is 1. The lowest BCUT2D eigenvalue weighted by Crippen LogP contribution is -2.45. The van der Waals surface area contributed by atoms with Gasteiger partial charge in [-0.15, -0.1) is 0 Å². The van der Waals surface area contributed by atoms with E-state index in [1.807, 2.05) is 7.05 Å². The van der Waals surface area contributed by atoms with E-state index in [4.69, 9.17) is 4.74 Å². The summed E-state index contributed by atoms with van der Waals surface area (Å²) in [4.78, 5) is 0. The minimum absolute atomic E-state index is 0.223. The Morgan fingerprint density at radius 3 is 2.50 bits per heavy atom. The monoisotopic (exact) mass is 195 g/mol. The van der Waals surface area contributed by atoms with Gasteiger partial charge in [-0.2, -0.15) is 0 Å². The highest BCUT2D eigenvalue weighted by Gasteiger charge is 2.29. The highest BCUT2D eigenvalue weighted by molar-refractivity contribution is 5.22. The van der Waals surface area contributed by atoms with Crippen LogP contribution in [0.1, 0.15) is 12.8 Å². The van der Waals surface area contributed by atoms with E-state index in [1.54, 1.807) is 12.1 Å². The van der Waals surface area contributed by atoms with Gasteiger partial charge in [-0.3, -0.25) is 0 Å². The zero-order valence-electron chi connectivity index (χ0n) is 8.16. The smallest absolute Gasteiger partial charge is 0.123 e. The summed E-state index contributed by atoms with van der Waals surface area (Å²) < 4.78 is 18.2. The van der Waals surface area contributed by atoms with Crippen LogP contribution in [0.3, 0.4) is 0 Å². The zero-order chi connectivity index (χ0) is 9.97. The molecule has 1 saturated carbocycles. The summed E-state index contributed by atoms with van der Waals surface area (Å²) in [5.41, 5.74) is 0. The fraction of sp³-hybridized carbons (Fsp3) is 0.455. The number of rotatable bonds is 3. The second kappa shape index (κ2) is 3.96. The van der Waals surface area contributed by atoms with Gasteiger partial charge in [-0.1, -0.05) is 0 Å². The molecular weight excluding hydrogens is 181 g/mol. The second-order valence-electron chi connectivity index (χ2n) is 3.65.